The molecule has 0 spiro atoms. The number of benzene rings is 2. The molecular weight excluding hydrogens is 322 g/mol. The van der Waals surface area contributed by atoms with Crippen LogP contribution < -0.4 is 14.8 Å². The molecule has 1 N–H and O–H groups in total. The van der Waals surface area contributed by atoms with Crippen LogP contribution in [0.25, 0.3) is 0 Å². The van der Waals surface area contributed by atoms with Crippen molar-refractivity contribution in [2.45, 2.75) is 19.6 Å². The average Bonchev–Trinajstić information content (AvgIpc) is 2.55. The Kier molecular flexibility index (Phi) is 6.55. The summed E-state index contributed by atoms with van der Waals surface area (Å²) in [6, 6.07) is 11.8. The van der Waals surface area contributed by atoms with Gasteiger partial charge in [0.1, 0.15) is 11.5 Å². The number of anilines is 1. The summed E-state index contributed by atoms with van der Waals surface area (Å²) in [5, 5.41) is 2.91. The maximum Gasteiger partial charge on any atom is 0.234 e. The molecule has 0 saturated heterocycles. The number of hydrogen-bond acceptors (Lipinski definition) is 4. The van der Waals surface area contributed by atoms with Gasteiger partial charge in [0.15, 0.2) is 0 Å². The second-order valence-electron chi connectivity index (χ2n) is 5.56. The molecule has 4 nitrogen and oxygen atoms in total. The topological polar surface area (TPSA) is 47.6 Å². The van der Waals surface area contributed by atoms with Gasteiger partial charge in [-0.05, 0) is 37.6 Å². The van der Waals surface area contributed by atoms with Gasteiger partial charge in [-0.1, -0.05) is 23.8 Å². The summed E-state index contributed by atoms with van der Waals surface area (Å²) in [5.41, 5.74) is 4.06. The van der Waals surface area contributed by atoms with Gasteiger partial charge in [-0.3, -0.25) is 4.79 Å². The van der Waals surface area contributed by atoms with Gasteiger partial charge < -0.3 is 14.8 Å². The molecule has 0 aliphatic rings. The average molecular weight is 345 g/mol. The Hall–Kier alpha value is -2.14. The van der Waals surface area contributed by atoms with E-state index >= 15 is 0 Å². The first-order valence-corrected chi connectivity index (χ1v) is 8.84. The molecular formula is C19H23NO3S. The Morgan fingerprint density at radius 1 is 1.00 bits per heavy atom. The van der Waals surface area contributed by atoms with E-state index in [1.165, 1.54) is 5.56 Å². The number of aryl methyl sites for hydroxylation is 2. The first-order valence-electron chi connectivity index (χ1n) is 7.69. The van der Waals surface area contributed by atoms with Crippen molar-refractivity contribution in [3.8, 4) is 11.5 Å². The molecule has 0 aliphatic carbocycles. The Morgan fingerprint density at radius 3 is 2.29 bits per heavy atom. The van der Waals surface area contributed by atoms with Crippen molar-refractivity contribution in [2.75, 3.05) is 25.3 Å². The normalized spacial score (nSPS) is 10.3. The minimum atomic E-state index is -0.0458. The summed E-state index contributed by atoms with van der Waals surface area (Å²) in [6.45, 7) is 4.03. The zero-order chi connectivity index (χ0) is 17.5. The number of rotatable bonds is 7. The summed E-state index contributed by atoms with van der Waals surface area (Å²) < 4.78 is 10.6. The standard InChI is InChI=1S/C19H23NO3S/c1-13-5-7-17(22-3)15(9-13)11-24-12-19(21)20-16-10-14(2)6-8-18(16)23-4/h5-10H,11-12H2,1-4H3,(H,20,21). The van der Waals surface area contributed by atoms with Crippen LogP contribution in [-0.4, -0.2) is 25.9 Å². The smallest absolute Gasteiger partial charge is 0.234 e. The minimum Gasteiger partial charge on any atom is -0.496 e. The van der Waals surface area contributed by atoms with Crippen molar-refractivity contribution < 1.29 is 14.3 Å². The van der Waals surface area contributed by atoms with Crippen molar-refractivity contribution in [1.29, 1.82) is 0 Å². The monoisotopic (exact) mass is 345 g/mol. The lowest BCUT2D eigenvalue weighted by atomic mass is 10.1. The molecule has 5 heteroatoms. The SMILES string of the molecule is COc1ccc(C)cc1CSCC(=O)Nc1cc(C)ccc1OC. The molecule has 128 valence electrons. The van der Waals surface area contributed by atoms with Crippen molar-refractivity contribution in [1.82, 2.24) is 0 Å². The molecule has 1 amide bonds. The fraction of sp³-hybridized carbons (Fsp3) is 0.316. The maximum atomic E-state index is 12.2. The van der Waals surface area contributed by atoms with Gasteiger partial charge in [0, 0.05) is 11.3 Å². The number of methoxy groups -OCH3 is 2. The van der Waals surface area contributed by atoms with E-state index in [9.17, 15) is 4.79 Å². The number of amides is 1. The number of hydrogen-bond donors (Lipinski definition) is 1. The van der Waals surface area contributed by atoms with Crippen molar-refractivity contribution >= 4 is 23.4 Å². The summed E-state index contributed by atoms with van der Waals surface area (Å²) >= 11 is 1.56. The summed E-state index contributed by atoms with van der Waals surface area (Å²) in [4.78, 5) is 12.2. The van der Waals surface area contributed by atoms with Gasteiger partial charge in [0.2, 0.25) is 5.91 Å². The minimum absolute atomic E-state index is 0.0458. The molecule has 0 aliphatic heterocycles. The van der Waals surface area contributed by atoms with Crippen molar-refractivity contribution in [2.24, 2.45) is 0 Å². The molecule has 24 heavy (non-hydrogen) atoms. The third kappa shape index (κ3) is 4.93. The molecule has 0 bridgehead atoms. The van der Waals surface area contributed by atoms with Crippen LogP contribution in [0.2, 0.25) is 0 Å². The third-order valence-electron chi connectivity index (χ3n) is 3.56. The van der Waals surface area contributed by atoms with Crippen molar-refractivity contribution in [3.05, 3.63) is 53.1 Å². The molecule has 0 aromatic heterocycles. The molecule has 0 unspecified atom stereocenters. The van der Waals surface area contributed by atoms with Gasteiger partial charge in [-0.15, -0.1) is 11.8 Å². The lowest BCUT2D eigenvalue weighted by Gasteiger charge is -2.12. The van der Waals surface area contributed by atoms with Gasteiger partial charge >= 0.3 is 0 Å². The first kappa shape index (κ1) is 18.2. The van der Waals surface area contributed by atoms with E-state index in [4.69, 9.17) is 9.47 Å². The number of ether oxygens (including phenoxy) is 2. The highest BCUT2D eigenvalue weighted by atomic mass is 32.2. The first-order chi connectivity index (χ1) is 11.5. The van der Waals surface area contributed by atoms with Gasteiger partial charge in [-0.25, -0.2) is 0 Å². The van der Waals surface area contributed by atoms with Crippen LogP contribution in [0, 0.1) is 13.8 Å². The number of carbonyl (C=O) groups excluding carboxylic acids is 1. The van der Waals surface area contributed by atoms with E-state index in [0.29, 0.717) is 17.2 Å². The van der Waals surface area contributed by atoms with Crippen LogP contribution in [0.5, 0.6) is 11.5 Å². The predicted octanol–water partition coefficient (Wildman–Crippen LogP) is 4.19. The summed E-state index contributed by atoms with van der Waals surface area (Å²) in [6.07, 6.45) is 0. The van der Waals surface area contributed by atoms with Crippen LogP contribution in [0.4, 0.5) is 5.69 Å². The van der Waals surface area contributed by atoms with Crippen LogP contribution in [0.1, 0.15) is 16.7 Å². The molecule has 0 radical (unpaired) electrons. The van der Waals surface area contributed by atoms with Crippen molar-refractivity contribution in [3.63, 3.8) is 0 Å². The Morgan fingerprint density at radius 2 is 1.62 bits per heavy atom. The molecule has 2 aromatic carbocycles. The largest absolute Gasteiger partial charge is 0.496 e. The predicted molar refractivity (Wildman–Crippen MR) is 100 cm³/mol. The van der Waals surface area contributed by atoms with Crippen LogP contribution in [0.3, 0.4) is 0 Å². The number of carbonyl (C=O) groups is 1. The van der Waals surface area contributed by atoms with Crippen LogP contribution >= 0.6 is 11.8 Å². The molecule has 0 saturated carbocycles. The fourth-order valence-corrected chi connectivity index (χ4v) is 3.18. The maximum absolute atomic E-state index is 12.2. The second kappa shape index (κ2) is 8.64. The number of thioether (sulfide) groups is 1. The van der Waals surface area contributed by atoms with E-state index < -0.39 is 0 Å². The Balaban J connectivity index is 1.92. The van der Waals surface area contributed by atoms with E-state index in [0.717, 1.165) is 22.6 Å². The van der Waals surface area contributed by atoms with Gasteiger partial charge in [0.05, 0.1) is 25.7 Å². The zero-order valence-corrected chi connectivity index (χ0v) is 15.3. The van der Waals surface area contributed by atoms with Crippen LogP contribution in [0.15, 0.2) is 36.4 Å². The van der Waals surface area contributed by atoms with E-state index in [1.54, 1.807) is 26.0 Å². The van der Waals surface area contributed by atoms with E-state index in [1.807, 2.05) is 44.2 Å². The molecule has 0 fully saturated rings. The highest BCUT2D eigenvalue weighted by molar-refractivity contribution is 7.99. The Bertz CT molecular complexity index is 716. The molecule has 2 aromatic rings. The summed E-state index contributed by atoms with van der Waals surface area (Å²) in [5.74, 6) is 2.57. The second-order valence-corrected chi connectivity index (χ2v) is 6.55. The quantitative estimate of drug-likeness (QED) is 0.817. The number of nitrogens with one attached hydrogen (secondary N) is 1. The zero-order valence-electron chi connectivity index (χ0n) is 14.5. The third-order valence-corrected chi connectivity index (χ3v) is 4.54. The lowest BCUT2D eigenvalue weighted by molar-refractivity contribution is -0.113. The highest BCUT2D eigenvalue weighted by Crippen LogP contribution is 2.27. The Labute approximate surface area is 147 Å². The molecule has 0 heterocycles. The summed E-state index contributed by atoms with van der Waals surface area (Å²) in [7, 11) is 3.26. The van der Waals surface area contributed by atoms with E-state index in [2.05, 4.69) is 11.4 Å². The fourth-order valence-electron chi connectivity index (χ4n) is 2.38. The van der Waals surface area contributed by atoms with Crippen LogP contribution in [-0.2, 0) is 10.5 Å². The van der Waals surface area contributed by atoms with Gasteiger partial charge in [-0.2, -0.15) is 0 Å². The van der Waals surface area contributed by atoms with E-state index in [-0.39, 0.29) is 5.91 Å². The van der Waals surface area contributed by atoms with Gasteiger partial charge in [0.25, 0.3) is 0 Å². The molecule has 2 rings (SSSR count). The molecule has 0 atom stereocenters. The lowest BCUT2D eigenvalue weighted by Crippen LogP contribution is -2.15. The highest BCUT2D eigenvalue weighted by Gasteiger charge is 2.09.